The predicted molar refractivity (Wildman–Crippen MR) is 73.7 cm³/mol. The van der Waals surface area contributed by atoms with Gasteiger partial charge in [0, 0.05) is 5.02 Å². The molecule has 2 aromatic carbocycles. The number of hydrogen-bond donors (Lipinski definition) is 1. The topological polar surface area (TPSA) is 20.2 Å². The van der Waals surface area contributed by atoms with E-state index in [4.69, 9.17) is 11.6 Å². The fourth-order valence-corrected chi connectivity index (χ4v) is 2.78. The molecular weight excluding hydrogens is 244 g/mol. The van der Waals surface area contributed by atoms with Gasteiger partial charge in [-0.1, -0.05) is 54.1 Å². The van der Waals surface area contributed by atoms with Crippen LogP contribution in [-0.2, 0) is 0 Å². The third-order valence-corrected chi connectivity index (χ3v) is 3.90. The van der Waals surface area contributed by atoms with E-state index < -0.39 is 6.10 Å². The van der Waals surface area contributed by atoms with Gasteiger partial charge in [0.05, 0.1) is 6.10 Å². The van der Waals surface area contributed by atoms with Crippen molar-refractivity contribution in [1.29, 1.82) is 0 Å². The smallest absolute Gasteiger partial charge is 0.0824 e. The lowest BCUT2D eigenvalue weighted by Gasteiger charge is -2.11. The summed E-state index contributed by atoms with van der Waals surface area (Å²) in [6, 6.07) is 17.9. The lowest BCUT2D eigenvalue weighted by atomic mass is 10.0. The van der Waals surface area contributed by atoms with E-state index in [1.807, 2.05) is 30.3 Å². The molecule has 3 atom stereocenters. The summed E-state index contributed by atoms with van der Waals surface area (Å²) < 4.78 is 0. The summed E-state index contributed by atoms with van der Waals surface area (Å²) in [4.78, 5) is 0. The first-order chi connectivity index (χ1) is 8.75. The van der Waals surface area contributed by atoms with Gasteiger partial charge in [-0.2, -0.15) is 0 Å². The molecule has 1 aliphatic carbocycles. The number of halogens is 1. The van der Waals surface area contributed by atoms with Gasteiger partial charge in [0.15, 0.2) is 0 Å². The highest BCUT2D eigenvalue weighted by atomic mass is 35.5. The van der Waals surface area contributed by atoms with E-state index in [1.165, 1.54) is 5.56 Å². The van der Waals surface area contributed by atoms with Crippen LogP contribution >= 0.6 is 11.6 Å². The summed E-state index contributed by atoms with van der Waals surface area (Å²) in [6.07, 6.45) is 0.645. The summed E-state index contributed by atoms with van der Waals surface area (Å²) in [5, 5.41) is 11.0. The Kier molecular flexibility index (Phi) is 3.11. The standard InChI is InChI=1S/C16H15ClO/c17-13-8-4-7-12(9-13)16(18)15-10-14(15)11-5-2-1-3-6-11/h1-9,14-16,18H,10H2. The molecule has 0 radical (unpaired) electrons. The van der Waals surface area contributed by atoms with Gasteiger partial charge in [-0.05, 0) is 41.5 Å². The Labute approximate surface area is 112 Å². The maximum atomic E-state index is 10.4. The van der Waals surface area contributed by atoms with Crippen molar-refractivity contribution in [1.82, 2.24) is 0 Å². The molecule has 1 fully saturated rings. The molecule has 0 heterocycles. The maximum absolute atomic E-state index is 10.4. The van der Waals surface area contributed by atoms with Crippen LogP contribution in [0.15, 0.2) is 54.6 Å². The second kappa shape index (κ2) is 4.75. The number of rotatable bonds is 3. The second-order valence-corrected chi connectivity index (χ2v) is 5.35. The predicted octanol–water partition coefficient (Wildman–Crippen LogP) is 4.18. The van der Waals surface area contributed by atoms with E-state index >= 15 is 0 Å². The molecule has 3 rings (SSSR count). The monoisotopic (exact) mass is 258 g/mol. The van der Waals surface area contributed by atoms with Crippen molar-refractivity contribution in [3.05, 3.63) is 70.7 Å². The third kappa shape index (κ3) is 2.29. The van der Waals surface area contributed by atoms with Gasteiger partial charge < -0.3 is 5.11 Å². The van der Waals surface area contributed by atoms with E-state index in [9.17, 15) is 5.11 Å². The Morgan fingerprint density at radius 2 is 1.83 bits per heavy atom. The molecule has 2 heteroatoms. The van der Waals surface area contributed by atoms with Crippen molar-refractivity contribution in [2.24, 2.45) is 5.92 Å². The molecular formula is C16H15ClO. The minimum atomic E-state index is -0.408. The minimum Gasteiger partial charge on any atom is -0.388 e. The summed E-state index contributed by atoms with van der Waals surface area (Å²) in [5.41, 5.74) is 2.24. The first-order valence-corrected chi connectivity index (χ1v) is 6.62. The third-order valence-electron chi connectivity index (χ3n) is 3.66. The molecule has 18 heavy (non-hydrogen) atoms. The highest BCUT2D eigenvalue weighted by Crippen LogP contribution is 2.54. The quantitative estimate of drug-likeness (QED) is 0.876. The minimum absolute atomic E-state index is 0.325. The van der Waals surface area contributed by atoms with E-state index in [0.29, 0.717) is 16.9 Å². The number of benzene rings is 2. The molecule has 1 aliphatic rings. The summed E-state index contributed by atoms with van der Waals surface area (Å²) >= 11 is 5.96. The Bertz CT molecular complexity index is 538. The first kappa shape index (κ1) is 11.8. The van der Waals surface area contributed by atoms with Gasteiger partial charge >= 0.3 is 0 Å². The number of aliphatic hydroxyl groups excluding tert-OH is 1. The van der Waals surface area contributed by atoms with Crippen molar-refractivity contribution in [3.63, 3.8) is 0 Å². The van der Waals surface area contributed by atoms with Gasteiger partial charge in [0.25, 0.3) is 0 Å². The molecule has 0 amide bonds. The molecule has 92 valence electrons. The summed E-state index contributed by atoms with van der Waals surface area (Å²) in [6.45, 7) is 0. The zero-order chi connectivity index (χ0) is 12.5. The molecule has 1 N–H and O–H groups in total. The van der Waals surface area contributed by atoms with Crippen molar-refractivity contribution in [3.8, 4) is 0 Å². The van der Waals surface area contributed by atoms with Gasteiger partial charge in [0.1, 0.15) is 0 Å². The van der Waals surface area contributed by atoms with Crippen LogP contribution in [0.25, 0.3) is 0 Å². The molecule has 0 spiro atoms. The van der Waals surface area contributed by atoms with Crippen LogP contribution in [-0.4, -0.2) is 5.11 Å². The van der Waals surface area contributed by atoms with E-state index in [0.717, 1.165) is 12.0 Å². The zero-order valence-corrected chi connectivity index (χ0v) is 10.7. The lowest BCUT2D eigenvalue weighted by molar-refractivity contribution is 0.151. The lowest BCUT2D eigenvalue weighted by Crippen LogP contribution is -2.01. The van der Waals surface area contributed by atoms with Crippen LogP contribution in [0.1, 0.15) is 29.6 Å². The highest BCUT2D eigenvalue weighted by molar-refractivity contribution is 6.30. The summed E-state index contributed by atoms with van der Waals surface area (Å²) in [7, 11) is 0. The van der Waals surface area contributed by atoms with E-state index in [1.54, 1.807) is 0 Å². The molecule has 0 saturated heterocycles. The maximum Gasteiger partial charge on any atom is 0.0824 e. The Balaban J connectivity index is 1.75. The largest absolute Gasteiger partial charge is 0.388 e. The van der Waals surface area contributed by atoms with Crippen LogP contribution in [0.5, 0.6) is 0 Å². The first-order valence-electron chi connectivity index (χ1n) is 6.24. The molecule has 0 bridgehead atoms. The fourth-order valence-electron chi connectivity index (χ4n) is 2.58. The summed E-state index contributed by atoms with van der Waals surface area (Å²) in [5.74, 6) is 0.811. The highest BCUT2D eigenvalue weighted by Gasteiger charge is 2.43. The van der Waals surface area contributed by atoms with Crippen LogP contribution in [0.3, 0.4) is 0 Å². The van der Waals surface area contributed by atoms with Gasteiger partial charge in [-0.25, -0.2) is 0 Å². The van der Waals surface area contributed by atoms with Gasteiger partial charge in [0.2, 0.25) is 0 Å². The number of hydrogen-bond acceptors (Lipinski definition) is 1. The molecule has 2 aromatic rings. The Hall–Kier alpha value is -1.31. The number of aliphatic hydroxyl groups is 1. The molecule has 3 unspecified atom stereocenters. The average molecular weight is 259 g/mol. The van der Waals surface area contributed by atoms with Crippen molar-refractivity contribution < 1.29 is 5.11 Å². The average Bonchev–Trinajstić information content (AvgIpc) is 3.19. The van der Waals surface area contributed by atoms with Crippen LogP contribution in [0, 0.1) is 5.92 Å². The van der Waals surface area contributed by atoms with E-state index in [2.05, 4.69) is 24.3 Å². The van der Waals surface area contributed by atoms with Crippen molar-refractivity contribution in [2.45, 2.75) is 18.4 Å². The molecule has 0 aliphatic heterocycles. The molecule has 0 aromatic heterocycles. The van der Waals surface area contributed by atoms with Crippen LogP contribution < -0.4 is 0 Å². The van der Waals surface area contributed by atoms with Gasteiger partial charge in [-0.3, -0.25) is 0 Å². The molecule has 1 nitrogen and oxygen atoms in total. The van der Waals surface area contributed by atoms with Crippen LogP contribution in [0.4, 0.5) is 0 Å². The van der Waals surface area contributed by atoms with Gasteiger partial charge in [-0.15, -0.1) is 0 Å². The fraction of sp³-hybridized carbons (Fsp3) is 0.250. The normalized spacial score (nSPS) is 23.7. The Morgan fingerprint density at radius 1 is 1.06 bits per heavy atom. The van der Waals surface area contributed by atoms with Crippen LogP contribution in [0.2, 0.25) is 5.02 Å². The van der Waals surface area contributed by atoms with Crippen molar-refractivity contribution >= 4 is 11.6 Å². The molecule has 1 saturated carbocycles. The zero-order valence-electron chi connectivity index (χ0n) is 9.96. The SMILES string of the molecule is OC(c1cccc(Cl)c1)C1CC1c1ccccc1. The van der Waals surface area contributed by atoms with Crippen molar-refractivity contribution in [2.75, 3.05) is 0 Å². The second-order valence-electron chi connectivity index (χ2n) is 4.92. The Morgan fingerprint density at radius 3 is 2.56 bits per heavy atom. The van der Waals surface area contributed by atoms with E-state index in [-0.39, 0.29) is 0 Å².